The van der Waals surface area contributed by atoms with E-state index in [9.17, 15) is 19.7 Å². The first-order valence-corrected chi connectivity index (χ1v) is 8.22. The maximum Gasteiger partial charge on any atom is 0.293 e. The van der Waals surface area contributed by atoms with Gasteiger partial charge in [0.1, 0.15) is 12.0 Å². The number of nitro benzene ring substituents is 1. The molecule has 136 valence electrons. The van der Waals surface area contributed by atoms with E-state index in [1.807, 2.05) is 42.5 Å². The maximum atomic E-state index is 12.5. The van der Waals surface area contributed by atoms with Gasteiger partial charge in [0.2, 0.25) is 5.91 Å². The Kier molecular flexibility index (Phi) is 5.12. The van der Waals surface area contributed by atoms with E-state index < -0.39 is 4.92 Å². The van der Waals surface area contributed by atoms with Crippen LogP contribution in [0.3, 0.4) is 0 Å². The number of amides is 1. The molecule has 0 aromatic heterocycles. The molecule has 1 N–H and O–H groups in total. The highest BCUT2D eigenvalue weighted by molar-refractivity contribution is 6.03. The van der Waals surface area contributed by atoms with Gasteiger partial charge in [-0.05, 0) is 23.6 Å². The van der Waals surface area contributed by atoms with Crippen LogP contribution in [0.15, 0.2) is 60.7 Å². The van der Waals surface area contributed by atoms with Gasteiger partial charge in [-0.2, -0.15) is 0 Å². The molecule has 7 nitrogen and oxygen atoms in total. The van der Waals surface area contributed by atoms with E-state index in [1.54, 1.807) is 7.05 Å². The van der Waals surface area contributed by atoms with Crippen molar-refractivity contribution in [2.45, 2.75) is 0 Å². The molecular formula is C20H17N3O4. The van der Waals surface area contributed by atoms with E-state index >= 15 is 0 Å². The normalized spacial score (nSPS) is 10.4. The summed E-state index contributed by atoms with van der Waals surface area (Å²) in [5, 5.41) is 16.0. The van der Waals surface area contributed by atoms with Gasteiger partial charge in [-0.3, -0.25) is 19.7 Å². The number of benzene rings is 3. The molecule has 3 rings (SSSR count). The molecule has 0 aliphatic rings. The van der Waals surface area contributed by atoms with Gasteiger partial charge in [0.15, 0.2) is 0 Å². The molecule has 3 aromatic carbocycles. The predicted octanol–water partition coefficient (Wildman–Crippen LogP) is 3.64. The number of carbonyl (C=O) groups excluding carboxylic acids is 2. The lowest BCUT2D eigenvalue weighted by molar-refractivity contribution is -0.384. The van der Waals surface area contributed by atoms with Crippen molar-refractivity contribution in [3.8, 4) is 0 Å². The van der Waals surface area contributed by atoms with Gasteiger partial charge in [0.05, 0.1) is 11.5 Å². The molecule has 0 unspecified atom stereocenters. The fraction of sp³-hybridized carbons (Fsp3) is 0.100. The van der Waals surface area contributed by atoms with Crippen LogP contribution in [-0.4, -0.2) is 30.7 Å². The van der Waals surface area contributed by atoms with Crippen molar-refractivity contribution >= 4 is 40.0 Å². The molecule has 0 radical (unpaired) electrons. The molecule has 0 fully saturated rings. The first-order valence-electron chi connectivity index (χ1n) is 8.22. The number of anilines is 2. The summed E-state index contributed by atoms with van der Waals surface area (Å²) in [5.41, 5.74) is 0.926. The summed E-state index contributed by atoms with van der Waals surface area (Å²) in [4.78, 5) is 35.5. The van der Waals surface area contributed by atoms with Crippen LogP contribution in [0.25, 0.3) is 10.8 Å². The van der Waals surface area contributed by atoms with Crippen molar-refractivity contribution in [2.75, 3.05) is 23.8 Å². The molecule has 0 atom stereocenters. The summed E-state index contributed by atoms with van der Waals surface area (Å²) in [5.74, 6) is -0.303. The smallest absolute Gasteiger partial charge is 0.293 e. The molecular weight excluding hydrogens is 346 g/mol. The van der Waals surface area contributed by atoms with E-state index in [2.05, 4.69) is 5.32 Å². The van der Waals surface area contributed by atoms with Crippen LogP contribution < -0.4 is 10.2 Å². The van der Waals surface area contributed by atoms with E-state index in [-0.39, 0.29) is 29.4 Å². The van der Waals surface area contributed by atoms with Crippen LogP contribution >= 0.6 is 0 Å². The van der Waals surface area contributed by atoms with Crippen LogP contribution in [-0.2, 0) is 4.79 Å². The highest BCUT2D eigenvalue weighted by atomic mass is 16.6. The number of fused-ring (bicyclic) bond motifs is 1. The van der Waals surface area contributed by atoms with Gasteiger partial charge < -0.3 is 10.2 Å². The fourth-order valence-electron chi connectivity index (χ4n) is 2.91. The Morgan fingerprint density at radius 3 is 2.63 bits per heavy atom. The third kappa shape index (κ3) is 3.92. The molecule has 7 heteroatoms. The van der Waals surface area contributed by atoms with Crippen molar-refractivity contribution in [1.82, 2.24) is 0 Å². The minimum atomic E-state index is -0.568. The summed E-state index contributed by atoms with van der Waals surface area (Å²) in [6, 6.07) is 17.4. The fourth-order valence-corrected chi connectivity index (χ4v) is 2.91. The van der Waals surface area contributed by atoms with Gasteiger partial charge in [-0.25, -0.2) is 0 Å². The van der Waals surface area contributed by atoms with Crippen molar-refractivity contribution in [3.05, 3.63) is 76.3 Å². The highest BCUT2D eigenvalue weighted by Crippen LogP contribution is 2.28. The number of nitrogens with zero attached hydrogens (tertiary/aromatic N) is 2. The average Bonchev–Trinajstić information content (AvgIpc) is 2.67. The lowest BCUT2D eigenvalue weighted by Gasteiger charge is -2.19. The Labute approximate surface area is 155 Å². The van der Waals surface area contributed by atoms with Gasteiger partial charge in [-0.15, -0.1) is 0 Å². The standard InChI is InChI=1S/C20H17N3O4/c1-22(18-10-9-14(13-24)11-19(18)23(26)27)12-20(25)21-17-8-4-6-15-5-2-3-7-16(15)17/h2-11,13H,12H2,1H3,(H,21,25). The number of nitro groups is 1. The molecule has 0 saturated heterocycles. The summed E-state index contributed by atoms with van der Waals surface area (Å²) in [6.07, 6.45) is 0.546. The minimum Gasteiger partial charge on any atom is -0.360 e. The molecule has 3 aromatic rings. The second-order valence-corrected chi connectivity index (χ2v) is 6.05. The molecule has 0 spiro atoms. The lowest BCUT2D eigenvalue weighted by Crippen LogP contribution is -2.30. The third-order valence-electron chi connectivity index (χ3n) is 4.19. The Bertz CT molecular complexity index is 1030. The van der Waals surface area contributed by atoms with E-state index in [4.69, 9.17) is 0 Å². The third-order valence-corrected chi connectivity index (χ3v) is 4.19. The first kappa shape index (κ1) is 18.1. The lowest BCUT2D eigenvalue weighted by atomic mass is 10.1. The number of likely N-dealkylation sites (N-methyl/N-ethyl adjacent to an activating group) is 1. The number of hydrogen-bond donors (Lipinski definition) is 1. The monoisotopic (exact) mass is 363 g/mol. The second kappa shape index (κ2) is 7.65. The zero-order chi connectivity index (χ0) is 19.4. The number of rotatable bonds is 6. The number of aldehydes is 1. The SMILES string of the molecule is CN(CC(=O)Nc1cccc2ccccc12)c1ccc(C=O)cc1[N+](=O)[O-]. The number of hydrogen-bond acceptors (Lipinski definition) is 5. The number of nitrogens with one attached hydrogen (secondary N) is 1. The van der Waals surface area contributed by atoms with Crippen molar-refractivity contribution in [1.29, 1.82) is 0 Å². The maximum absolute atomic E-state index is 12.5. The van der Waals surface area contributed by atoms with Crippen molar-refractivity contribution in [2.24, 2.45) is 0 Å². The zero-order valence-corrected chi connectivity index (χ0v) is 14.6. The number of carbonyl (C=O) groups is 2. The van der Waals surface area contributed by atoms with Crippen LogP contribution in [0.1, 0.15) is 10.4 Å². The summed E-state index contributed by atoms with van der Waals surface area (Å²) >= 11 is 0. The Morgan fingerprint density at radius 2 is 1.89 bits per heavy atom. The largest absolute Gasteiger partial charge is 0.360 e. The van der Waals surface area contributed by atoms with Crippen LogP contribution in [0, 0.1) is 10.1 Å². The zero-order valence-electron chi connectivity index (χ0n) is 14.6. The molecule has 0 saturated carbocycles. The van der Waals surface area contributed by atoms with Crippen LogP contribution in [0.4, 0.5) is 17.1 Å². The van der Waals surface area contributed by atoms with Crippen LogP contribution in [0.2, 0.25) is 0 Å². The summed E-state index contributed by atoms with van der Waals surface area (Å²) in [6.45, 7) is -0.0789. The first-order chi connectivity index (χ1) is 13.0. The van der Waals surface area contributed by atoms with Crippen molar-refractivity contribution in [3.63, 3.8) is 0 Å². The summed E-state index contributed by atoms with van der Waals surface area (Å²) < 4.78 is 0. The minimum absolute atomic E-state index is 0.0789. The molecule has 0 bridgehead atoms. The quantitative estimate of drug-likeness (QED) is 0.410. The van der Waals surface area contributed by atoms with E-state index in [0.29, 0.717) is 12.0 Å². The Balaban J connectivity index is 1.80. The van der Waals surface area contributed by atoms with Gasteiger partial charge in [0.25, 0.3) is 5.69 Å². The van der Waals surface area contributed by atoms with E-state index in [0.717, 1.165) is 10.8 Å². The van der Waals surface area contributed by atoms with E-state index in [1.165, 1.54) is 23.1 Å². The highest BCUT2D eigenvalue weighted by Gasteiger charge is 2.19. The van der Waals surface area contributed by atoms with Crippen LogP contribution in [0.5, 0.6) is 0 Å². The molecule has 0 aliphatic heterocycles. The average molecular weight is 363 g/mol. The van der Waals surface area contributed by atoms with Gasteiger partial charge in [0, 0.05) is 29.8 Å². The molecule has 0 heterocycles. The molecule has 0 aliphatic carbocycles. The summed E-state index contributed by atoms with van der Waals surface area (Å²) in [7, 11) is 1.59. The second-order valence-electron chi connectivity index (χ2n) is 6.05. The predicted molar refractivity (Wildman–Crippen MR) is 104 cm³/mol. The molecule has 1 amide bonds. The Morgan fingerprint density at radius 1 is 1.15 bits per heavy atom. The van der Waals surface area contributed by atoms with Crippen molar-refractivity contribution < 1.29 is 14.5 Å². The topological polar surface area (TPSA) is 92.6 Å². The Hall–Kier alpha value is -3.74. The van der Waals surface area contributed by atoms with Gasteiger partial charge in [-0.1, -0.05) is 36.4 Å². The van der Waals surface area contributed by atoms with Gasteiger partial charge >= 0.3 is 0 Å². The molecule has 27 heavy (non-hydrogen) atoms.